The van der Waals surface area contributed by atoms with E-state index in [9.17, 15) is 19.2 Å². The van der Waals surface area contributed by atoms with E-state index in [-0.39, 0.29) is 0 Å². The van der Waals surface area contributed by atoms with Gasteiger partial charge in [0.1, 0.15) is 6.42 Å². The molecule has 0 atom stereocenters. The molecule has 0 N–H and O–H groups in total. The summed E-state index contributed by atoms with van der Waals surface area (Å²) < 4.78 is 18.7. The predicted octanol–water partition coefficient (Wildman–Crippen LogP) is 2.09. The van der Waals surface area contributed by atoms with Crippen LogP contribution in [0.5, 0.6) is 0 Å². The van der Waals surface area contributed by atoms with E-state index in [0.717, 1.165) is 0 Å². The lowest BCUT2D eigenvalue weighted by molar-refractivity contribution is -0.163. The molecule has 2 aromatic rings. The average Bonchev–Trinajstić information content (AvgIpc) is 2.69. The Morgan fingerprint density at radius 2 is 0.926 bits per heavy atom. The topological polar surface area (TPSA) is 105 Å². The van der Waals surface area contributed by atoms with Crippen LogP contribution in [-0.4, -0.2) is 37.5 Å². The molecule has 0 aromatic heterocycles. The van der Waals surface area contributed by atoms with Gasteiger partial charge in [0.25, 0.3) is 0 Å². The summed E-state index contributed by atoms with van der Waals surface area (Å²) in [5.74, 6) is -3.23. The van der Waals surface area contributed by atoms with Crippen LogP contribution in [0.15, 0.2) is 60.7 Å². The third-order valence-corrected chi connectivity index (χ3v) is 3.13. The van der Waals surface area contributed by atoms with Crippen molar-refractivity contribution in [2.75, 3.05) is 13.6 Å². The molecule has 0 amide bonds. The molecule has 0 unspecified atom stereocenters. The summed E-state index contributed by atoms with van der Waals surface area (Å²) in [7, 11) is 0. The van der Waals surface area contributed by atoms with E-state index in [4.69, 9.17) is 9.47 Å². The van der Waals surface area contributed by atoms with Crippen LogP contribution >= 0.6 is 0 Å². The lowest BCUT2D eigenvalue weighted by Gasteiger charge is -2.07. The van der Waals surface area contributed by atoms with Crippen LogP contribution in [0.1, 0.15) is 27.1 Å². The summed E-state index contributed by atoms with van der Waals surface area (Å²) in [5.41, 5.74) is 0.599. The maximum absolute atomic E-state index is 11.6. The fourth-order valence-electron chi connectivity index (χ4n) is 1.83. The van der Waals surface area contributed by atoms with E-state index in [1.807, 2.05) is 0 Å². The molecule has 2 rings (SSSR count). The Morgan fingerprint density at radius 1 is 0.556 bits per heavy atom. The summed E-state index contributed by atoms with van der Waals surface area (Å²) >= 11 is 0. The highest BCUT2D eigenvalue weighted by molar-refractivity contribution is 5.92. The van der Waals surface area contributed by atoms with Gasteiger partial charge < -0.3 is 18.9 Å². The minimum absolute atomic E-state index is 0.299. The Balaban J connectivity index is 1.60. The van der Waals surface area contributed by atoms with Crippen molar-refractivity contribution in [3.8, 4) is 0 Å². The van der Waals surface area contributed by atoms with E-state index < -0.39 is 43.9 Å². The van der Waals surface area contributed by atoms with Gasteiger partial charge in [-0.05, 0) is 24.3 Å². The summed E-state index contributed by atoms with van der Waals surface area (Å²) in [6.07, 6.45) is -0.716. The molecule has 0 radical (unpaired) electrons. The summed E-state index contributed by atoms with van der Waals surface area (Å²) in [6.45, 7) is -1.27. The van der Waals surface area contributed by atoms with Crippen molar-refractivity contribution in [1.82, 2.24) is 0 Å². The van der Waals surface area contributed by atoms with E-state index >= 15 is 0 Å². The first-order valence-corrected chi connectivity index (χ1v) is 7.82. The molecule has 0 aliphatic carbocycles. The van der Waals surface area contributed by atoms with Gasteiger partial charge in [0, 0.05) is 0 Å². The van der Waals surface area contributed by atoms with Gasteiger partial charge in [-0.15, -0.1) is 0 Å². The molecule has 27 heavy (non-hydrogen) atoms. The van der Waals surface area contributed by atoms with Gasteiger partial charge in [-0.25, -0.2) is 9.59 Å². The Hall–Kier alpha value is -3.68. The fraction of sp³-hybridized carbons (Fsp3) is 0.158. The highest BCUT2D eigenvalue weighted by atomic mass is 16.7. The third-order valence-electron chi connectivity index (χ3n) is 3.13. The molecular weight excluding hydrogens is 356 g/mol. The number of hydrogen-bond donors (Lipinski definition) is 0. The lowest BCUT2D eigenvalue weighted by Crippen LogP contribution is -2.18. The van der Waals surface area contributed by atoms with Crippen molar-refractivity contribution < 1.29 is 38.1 Å². The molecule has 0 bridgehead atoms. The van der Waals surface area contributed by atoms with E-state index in [1.54, 1.807) is 36.4 Å². The molecule has 8 heteroatoms. The first-order valence-electron chi connectivity index (χ1n) is 7.82. The van der Waals surface area contributed by atoms with Gasteiger partial charge in [-0.2, -0.15) is 0 Å². The smallest absolute Gasteiger partial charge is 0.340 e. The first kappa shape index (κ1) is 19.6. The molecule has 0 heterocycles. The van der Waals surface area contributed by atoms with Gasteiger partial charge in [-0.3, -0.25) is 9.59 Å². The minimum atomic E-state index is -0.949. The van der Waals surface area contributed by atoms with Crippen LogP contribution in [0.25, 0.3) is 0 Å². The highest BCUT2D eigenvalue weighted by Crippen LogP contribution is 2.03. The number of ether oxygens (including phenoxy) is 4. The van der Waals surface area contributed by atoms with Crippen LogP contribution < -0.4 is 0 Å². The standard InChI is InChI=1S/C19H16O8/c20-16(24-12-26-18(22)14-7-3-1-4-8-14)11-17(21)25-13-27-19(23)15-9-5-2-6-10-15/h1-10H,11-13H2. The molecule has 0 saturated heterocycles. The number of hydrogen-bond acceptors (Lipinski definition) is 8. The zero-order valence-electron chi connectivity index (χ0n) is 14.2. The fourth-order valence-corrected chi connectivity index (χ4v) is 1.83. The zero-order valence-corrected chi connectivity index (χ0v) is 14.2. The van der Waals surface area contributed by atoms with Crippen molar-refractivity contribution in [2.45, 2.75) is 6.42 Å². The summed E-state index contributed by atoms with van der Waals surface area (Å²) in [4.78, 5) is 46.2. The zero-order chi connectivity index (χ0) is 19.5. The Labute approximate surface area is 154 Å². The van der Waals surface area contributed by atoms with Crippen molar-refractivity contribution in [1.29, 1.82) is 0 Å². The van der Waals surface area contributed by atoms with E-state index in [2.05, 4.69) is 9.47 Å². The second kappa shape index (κ2) is 10.3. The molecule has 0 aliphatic heterocycles. The van der Waals surface area contributed by atoms with E-state index in [1.165, 1.54) is 24.3 Å². The maximum atomic E-state index is 11.6. The third kappa shape index (κ3) is 6.99. The monoisotopic (exact) mass is 372 g/mol. The lowest BCUT2D eigenvalue weighted by atomic mass is 10.2. The second-order valence-corrected chi connectivity index (χ2v) is 5.04. The van der Waals surface area contributed by atoms with Gasteiger partial charge in [0.15, 0.2) is 0 Å². The molecule has 0 aliphatic rings. The van der Waals surface area contributed by atoms with Crippen LogP contribution in [0.2, 0.25) is 0 Å². The molecule has 0 spiro atoms. The van der Waals surface area contributed by atoms with Crippen molar-refractivity contribution in [3.05, 3.63) is 71.8 Å². The molecule has 2 aromatic carbocycles. The van der Waals surface area contributed by atoms with Crippen molar-refractivity contribution in [2.24, 2.45) is 0 Å². The normalized spacial score (nSPS) is 9.78. The highest BCUT2D eigenvalue weighted by Gasteiger charge is 2.14. The van der Waals surface area contributed by atoms with Crippen molar-refractivity contribution in [3.63, 3.8) is 0 Å². The average molecular weight is 372 g/mol. The number of rotatable bonds is 8. The van der Waals surface area contributed by atoms with Crippen molar-refractivity contribution >= 4 is 23.9 Å². The number of benzene rings is 2. The Kier molecular flexibility index (Phi) is 7.52. The first-order chi connectivity index (χ1) is 13.1. The largest absolute Gasteiger partial charge is 0.427 e. The maximum Gasteiger partial charge on any atom is 0.340 e. The molecule has 0 fully saturated rings. The van der Waals surface area contributed by atoms with E-state index in [0.29, 0.717) is 11.1 Å². The Morgan fingerprint density at radius 3 is 1.30 bits per heavy atom. The Bertz CT molecular complexity index is 718. The second-order valence-electron chi connectivity index (χ2n) is 5.04. The molecular formula is C19H16O8. The van der Waals surface area contributed by atoms with Crippen LogP contribution in [0.4, 0.5) is 0 Å². The number of carbonyl (C=O) groups excluding carboxylic acids is 4. The summed E-state index contributed by atoms with van der Waals surface area (Å²) in [6, 6.07) is 16.3. The van der Waals surface area contributed by atoms with Gasteiger partial charge >= 0.3 is 23.9 Å². The molecule has 140 valence electrons. The van der Waals surface area contributed by atoms with Gasteiger partial charge in [0.05, 0.1) is 11.1 Å². The molecule has 8 nitrogen and oxygen atoms in total. The molecule has 0 saturated carbocycles. The van der Waals surface area contributed by atoms with Gasteiger partial charge in [-0.1, -0.05) is 36.4 Å². The quantitative estimate of drug-likeness (QED) is 0.394. The van der Waals surface area contributed by atoms with Crippen LogP contribution in [0, 0.1) is 0 Å². The number of esters is 4. The van der Waals surface area contributed by atoms with Crippen LogP contribution in [0.3, 0.4) is 0 Å². The SMILES string of the molecule is O=C(CC(=O)OCOC(=O)c1ccccc1)OCOC(=O)c1ccccc1. The minimum Gasteiger partial charge on any atom is -0.427 e. The summed E-state index contributed by atoms with van der Waals surface area (Å²) in [5, 5.41) is 0. The number of carbonyl (C=O) groups is 4. The predicted molar refractivity (Wildman–Crippen MR) is 90.3 cm³/mol. The van der Waals surface area contributed by atoms with Crippen LogP contribution in [-0.2, 0) is 28.5 Å². The van der Waals surface area contributed by atoms with Gasteiger partial charge in [0.2, 0.25) is 13.6 Å².